The molecule has 22 heavy (non-hydrogen) atoms. The highest BCUT2D eigenvalue weighted by Crippen LogP contribution is 2.34. The summed E-state index contributed by atoms with van der Waals surface area (Å²) in [6, 6.07) is 4.28. The molecule has 0 atom stereocenters. The van der Waals surface area contributed by atoms with E-state index in [0.717, 1.165) is 25.3 Å². The molecule has 1 aromatic rings. The summed E-state index contributed by atoms with van der Waals surface area (Å²) in [5.74, 6) is 0.507. The van der Waals surface area contributed by atoms with Gasteiger partial charge in [0.2, 0.25) is 0 Å². The van der Waals surface area contributed by atoms with E-state index in [2.05, 4.69) is 10.6 Å². The van der Waals surface area contributed by atoms with Crippen LogP contribution < -0.4 is 10.6 Å². The highest BCUT2D eigenvalue weighted by Gasteiger charge is 2.33. The molecule has 0 heterocycles. The fraction of sp³-hybridized carbons (Fsp3) is 0.533. The van der Waals surface area contributed by atoms with E-state index in [0.29, 0.717) is 18.6 Å². The molecule has 2 N–H and O–H groups in total. The number of alkyl halides is 3. The van der Waals surface area contributed by atoms with Crippen molar-refractivity contribution in [3.05, 3.63) is 29.8 Å². The Kier molecular flexibility index (Phi) is 5.28. The van der Waals surface area contributed by atoms with Gasteiger partial charge in [-0.2, -0.15) is 13.2 Å². The molecule has 122 valence electrons. The largest absolute Gasteiger partial charge is 0.418 e. The highest BCUT2D eigenvalue weighted by atomic mass is 19.4. The first-order chi connectivity index (χ1) is 10.4. The van der Waals surface area contributed by atoms with Crippen LogP contribution in [0.2, 0.25) is 0 Å². The van der Waals surface area contributed by atoms with Crippen molar-refractivity contribution in [2.45, 2.75) is 31.5 Å². The predicted molar refractivity (Wildman–Crippen MR) is 76.6 cm³/mol. The van der Waals surface area contributed by atoms with Crippen molar-refractivity contribution < 1.29 is 22.7 Å². The van der Waals surface area contributed by atoms with E-state index < -0.39 is 17.8 Å². The molecule has 0 aromatic heterocycles. The van der Waals surface area contributed by atoms with Crippen LogP contribution in [-0.4, -0.2) is 25.8 Å². The molecular formula is C15H19F3N2O2. The fourth-order valence-corrected chi connectivity index (χ4v) is 2.50. The highest BCUT2D eigenvalue weighted by molar-refractivity contribution is 5.90. The number of para-hydroxylation sites is 1. The molecule has 0 spiro atoms. The number of urea groups is 1. The maximum absolute atomic E-state index is 12.8. The number of hydrogen-bond donors (Lipinski definition) is 2. The van der Waals surface area contributed by atoms with Crippen molar-refractivity contribution in [1.29, 1.82) is 0 Å². The lowest BCUT2D eigenvalue weighted by Crippen LogP contribution is -2.35. The van der Waals surface area contributed by atoms with E-state index in [4.69, 9.17) is 4.74 Å². The quantitative estimate of drug-likeness (QED) is 0.871. The summed E-state index contributed by atoms with van der Waals surface area (Å²) in [4.78, 5) is 11.7. The van der Waals surface area contributed by atoms with Crippen LogP contribution in [0.4, 0.5) is 23.7 Å². The SMILES string of the molecule is COC1CC(CCNC(=O)Nc2ccccc2C(F)(F)F)C1. The lowest BCUT2D eigenvalue weighted by molar-refractivity contribution is -0.136. The molecule has 0 bridgehead atoms. The van der Waals surface area contributed by atoms with Gasteiger partial charge in [-0.25, -0.2) is 4.79 Å². The van der Waals surface area contributed by atoms with E-state index in [1.165, 1.54) is 18.2 Å². The second-order valence-corrected chi connectivity index (χ2v) is 5.41. The van der Waals surface area contributed by atoms with Crippen LogP contribution in [-0.2, 0) is 10.9 Å². The molecule has 0 unspecified atom stereocenters. The van der Waals surface area contributed by atoms with E-state index in [9.17, 15) is 18.0 Å². The zero-order valence-corrected chi connectivity index (χ0v) is 12.2. The summed E-state index contributed by atoms with van der Waals surface area (Å²) in [5.41, 5.74) is -1.09. The molecule has 7 heteroatoms. The third kappa shape index (κ3) is 4.37. The number of hydrogen-bond acceptors (Lipinski definition) is 2. The van der Waals surface area contributed by atoms with Crippen molar-refractivity contribution in [1.82, 2.24) is 5.32 Å². The van der Waals surface area contributed by atoms with Gasteiger partial charge >= 0.3 is 12.2 Å². The maximum atomic E-state index is 12.8. The third-order valence-electron chi connectivity index (χ3n) is 3.84. The minimum Gasteiger partial charge on any atom is -0.381 e. The Hall–Kier alpha value is -1.76. The van der Waals surface area contributed by atoms with Crippen molar-refractivity contribution >= 4 is 11.7 Å². The van der Waals surface area contributed by atoms with E-state index in [1.807, 2.05) is 0 Å². The van der Waals surface area contributed by atoms with Gasteiger partial charge in [-0.3, -0.25) is 0 Å². The second kappa shape index (κ2) is 7.00. The zero-order chi connectivity index (χ0) is 16.2. The molecule has 0 radical (unpaired) electrons. The summed E-state index contributed by atoms with van der Waals surface area (Å²) in [6.45, 7) is 0.432. The van der Waals surface area contributed by atoms with Crippen LogP contribution >= 0.6 is 0 Å². The number of rotatable bonds is 5. The van der Waals surface area contributed by atoms with Crippen molar-refractivity contribution in [2.24, 2.45) is 5.92 Å². The van der Waals surface area contributed by atoms with Crippen LogP contribution in [0, 0.1) is 5.92 Å². The average molecular weight is 316 g/mol. The van der Waals surface area contributed by atoms with Gasteiger partial charge in [-0.1, -0.05) is 12.1 Å². The molecule has 0 saturated heterocycles. The first-order valence-corrected chi connectivity index (χ1v) is 7.14. The first-order valence-electron chi connectivity index (χ1n) is 7.14. The number of carbonyl (C=O) groups is 1. The lowest BCUT2D eigenvalue weighted by Gasteiger charge is -2.34. The van der Waals surface area contributed by atoms with Crippen molar-refractivity contribution in [3.8, 4) is 0 Å². The van der Waals surface area contributed by atoms with Crippen molar-refractivity contribution in [2.75, 3.05) is 19.0 Å². The van der Waals surface area contributed by atoms with Crippen LogP contribution in [0.25, 0.3) is 0 Å². The van der Waals surface area contributed by atoms with E-state index in [-0.39, 0.29) is 5.69 Å². The summed E-state index contributed by atoms with van der Waals surface area (Å²) >= 11 is 0. The van der Waals surface area contributed by atoms with E-state index >= 15 is 0 Å². The molecular weight excluding hydrogens is 297 g/mol. The molecule has 0 aliphatic heterocycles. The number of benzene rings is 1. The number of amides is 2. The molecule has 1 aliphatic rings. The maximum Gasteiger partial charge on any atom is 0.418 e. The molecule has 1 aliphatic carbocycles. The van der Waals surface area contributed by atoms with Gasteiger partial charge in [0.25, 0.3) is 0 Å². The number of ether oxygens (including phenoxy) is 1. The molecule has 2 rings (SSSR count). The van der Waals surface area contributed by atoms with Gasteiger partial charge in [-0.05, 0) is 37.3 Å². The van der Waals surface area contributed by atoms with Crippen LogP contribution in [0.5, 0.6) is 0 Å². The third-order valence-corrected chi connectivity index (χ3v) is 3.84. The average Bonchev–Trinajstić information content (AvgIpc) is 2.40. The van der Waals surface area contributed by atoms with Gasteiger partial charge in [0.15, 0.2) is 0 Å². The second-order valence-electron chi connectivity index (χ2n) is 5.41. The smallest absolute Gasteiger partial charge is 0.381 e. The Morgan fingerprint density at radius 3 is 2.64 bits per heavy atom. The Labute approximate surface area is 127 Å². The summed E-state index contributed by atoms with van der Waals surface area (Å²) in [5, 5.41) is 4.84. The van der Waals surface area contributed by atoms with Crippen LogP contribution in [0.1, 0.15) is 24.8 Å². The molecule has 1 fully saturated rings. The number of methoxy groups -OCH3 is 1. The molecule has 4 nitrogen and oxygen atoms in total. The first kappa shape index (κ1) is 16.6. The minimum absolute atomic E-state index is 0.240. The number of nitrogens with one attached hydrogen (secondary N) is 2. The fourth-order valence-electron chi connectivity index (χ4n) is 2.50. The summed E-state index contributed by atoms with van der Waals surface area (Å²) < 4.78 is 43.6. The van der Waals surface area contributed by atoms with Gasteiger partial charge in [0.1, 0.15) is 0 Å². The molecule has 1 aromatic carbocycles. The van der Waals surface area contributed by atoms with E-state index in [1.54, 1.807) is 7.11 Å². The Balaban J connectivity index is 1.78. The van der Waals surface area contributed by atoms with Gasteiger partial charge in [-0.15, -0.1) is 0 Å². The monoisotopic (exact) mass is 316 g/mol. The topological polar surface area (TPSA) is 50.4 Å². The normalized spacial score (nSPS) is 21.1. The standard InChI is InChI=1S/C15H19F3N2O2/c1-22-11-8-10(9-11)6-7-19-14(21)20-13-5-3-2-4-12(13)15(16,17)18/h2-5,10-11H,6-9H2,1H3,(H2,19,20,21). The number of carbonyl (C=O) groups excluding carboxylic acids is 1. The van der Waals surface area contributed by atoms with Gasteiger partial charge < -0.3 is 15.4 Å². The molecule has 2 amide bonds. The predicted octanol–water partition coefficient (Wildman–Crippen LogP) is 3.64. The Morgan fingerprint density at radius 2 is 2.00 bits per heavy atom. The summed E-state index contributed by atoms with van der Waals surface area (Å²) in [7, 11) is 1.67. The zero-order valence-electron chi connectivity index (χ0n) is 12.2. The van der Waals surface area contributed by atoms with Gasteiger partial charge in [0.05, 0.1) is 17.4 Å². The lowest BCUT2D eigenvalue weighted by atomic mass is 9.80. The Morgan fingerprint density at radius 1 is 1.32 bits per heavy atom. The Bertz CT molecular complexity index is 514. The van der Waals surface area contributed by atoms with Crippen molar-refractivity contribution in [3.63, 3.8) is 0 Å². The molecule has 1 saturated carbocycles. The number of halogens is 3. The van der Waals surface area contributed by atoms with Crippen LogP contribution in [0.3, 0.4) is 0 Å². The summed E-state index contributed by atoms with van der Waals surface area (Å²) in [6.07, 6.45) is -1.45. The number of anilines is 1. The van der Waals surface area contributed by atoms with Gasteiger partial charge in [0, 0.05) is 13.7 Å². The minimum atomic E-state index is -4.50. The van der Waals surface area contributed by atoms with Crippen LogP contribution in [0.15, 0.2) is 24.3 Å².